The number of nitrogens with one attached hydrogen (secondary N) is 2. The van der Waals surface area contributed by atoms with Crippen molar-refractivity contribution in [1.82, 2.24) is 5.32 Å². The van der Waals surface area contributed by atoms with Gasteiger partial charge in [-0.3, -0.25) is 0 Å². The van der Waals surface area contributed by atoms with E-state index in [-0.39, 0.29) is 18.4 Å². The van der Waals surface area contributed by atoms with E-state index in [9.17, 15) is 5.11 Å². The predicted octanol–water partition coefficient (Wildman–Crippen LogP) is 3.56. The highest BCUT2D eigenvalue weighted by atomic mass is 35.5. The summed E-state index contributed by atoms with van der Waals surface area (Å²) in [6.45, 7) is 4.66. The van der Waals surface area contributed by atoms with Crippen molar-refractivity contribution in [3.63, 3.8) is 0 Å². The molecular weight excluding hydrogens is 336 g/mol. The summed E-state index contributed by atoms with van der Waals surface area (Å²) in [5.41, 5.74) is 2.67. The van der Waals surface area contributed by atoms with Crippen LogP contribution >= 0.6 is 12.4 Å². The van der Waals surface area contributed by atoms with Gasteiger partial charge in [-0.15, -0.1) is 12.4 Å². The summed E-state index contributed by atoms with van der Waals surface area (Å²) in [5, 5.41) is 17.4. The first kappa shape index (κ1) is 19.6. The molecule has 0 aliphatic carbocycles. The molecule has 0 amide bonds. The summed E-state index contributed by atoms with van der Waals surface area (Å²) in [4.78, 5) is 0. The Morgan fingerprint density at radius 3 is 2.52 bits per heavy atom. The highest BCUT2D eigenvalue weighted by Crippen LogP contribution is 2.40. The topological polar surface area (TPSA) is 53.5 Å². The van der Waals surface area contributed by atoms with Gasteiger partial charge < -0.3 is 20.5 Å². The maximum atomic E-state index is 10.8. The molecule has 0 saturated carbocycles. The van der Waals surface area contributed by atoms with Crippen molar-refractivity contribution in [3.8, 4) is 5.75 Å². The van der Waals surface area contributed by atoms with Crippen molar-refractivity contribution >= 4 is 18.1 Å². The van der Waals surface area contributed by atoms with Gasteiger partial charge in [0, 0.05) is 24.4 Å². The van der Waals surface area contributed by atoms with E-state index in [4.69, 9.17) is 4.74 Å². The minimum Gasteiger partial charge on any atom is -0.485 e. The molecule has 2 aromatic rings. The number of hydrogen-bond acceptors (Lipinski definition) is 4. The van der Waals surface area contributed by atoms with Gasteiger partial charge in [-0.1, -0.05) is 36.4 Å². The molecule has 3 N–H and O–H groups in total. The molecule has 0 saturated heterocycles. The molecule has 5 heteroatoms. The third kappa shape index (κ3) is 4.27. The van der Waals surface area contributed by atoms with E-state index >= 15 is 0 Å². The van der Waals surface area contributed by atoms with E-state index in [1.165, 1.54) is 5.56 Å². The summed E-state index contributed by atoms with van der Waals surface area (Å²) in [6.07, 6.45) is 0.316. The second-order valence-electron chi connectivity index (χ2n) is 6.82. The molecule has 1 aliphatic heterocycles. The molecule has 1 unspecified atom stereocenters. The van der Waals surface area contributed by atoms with Crippen molar-refractivity contribution in [2.45, 2.75) is 38.0 Å². The molecule has 0 radical (unpaired) electrons. The average Bonchev–Trinajstić information content (AvgIpc) is 2.58. The minimum atomic E-state index is -0.635. The quantitative estimate of drug-likeness (QED) is 0.761. The lowest BCUT2D eigenvalue weighted by molar-refractivity contribution is -0.0643. The van der Waals surface area contributed by atoms with Crippen LogP contribution in [-0.4, -0.2) is 30.4 Å². The number of fused-ring (bicyclic) bond motifs is 1. The summed E-state index contributed by atoms with van der Waals surface area (Å²) in [7, 11) is 1.89. The lowest BCUT2D eigenvalue weighted by atomic mass is 9.86. The van der Waals surface area contributed by atoms with Gasteiger partial charge >= 0.3 is 0 Å². The van der Waals surface area contributed by atoms with Crippen LogP contribution in [0, 0.1) is 0 Å². The first-order chi connectivity index (χ1) is 11.5. The zero-order valence-corrected chi connectivity index (χ0v) is 15.8. The third-order valence-corrected chi connectivity index (χ3v) is 4.66. The van der Waals surface area contributed by atoms with Crippen molar-refractivity contribution < 1.29 is 9.84 Å². The predicted molar refractivity (Wildman–Crippen MR) is 105 cm³/mol. The molecule has 1 heterocycles. The van der Waals surface area contributed by atoms with Crippen LogP contribution in [0.3, 0.4) is 0 Å². The lowest BCUT2D eigenvalue weighted by Gasteiger charge is -2.42. The number of benzene rings is 2. The summed E-state index contributed by atoms with van der Waals surface area (Å²) < 4.78 is 6.04. The molecular formula is C20H27ClN2O2. The Morgan fingerprint density at radius 1 is 1.12 bits per heavy atom. The monoisotopic (exact) mass is 362 g/mol. The van der Waals surface area contributed by atoms with Gasteiger partial charge in [-0.05, 0) is 38.4 Å². The third-order valence-electron chi connectivity index (χ3n) is 4.66. The lowest BCUT2D eigenvalue weighted by Crippen LogP contribution is -2.52. The molecule has 0 spiro atoms. The number of rotatable bonds is 5. The Kier molecular flexibility index (Phi) is 6.33. The molecule has 0 fully saturated rings. The average molecular weight is 363 g/mol. The number of aliphatic hydroxyl groups is 1. The van der Waals surface area contributed by atoms with E-state index in [2.05, 4.69) is 34.9 Å². The summed E-state index contributed by atoms with van der Waals surface area (Å²) >= 11 is 0. The van der Waals surface area contributed by atoms with Crippen molar-refractivity contribution in [1.29, 1.82) is 0 Å². The minimum absolute atomic E-state index is 0. The second-order valence-corrected chi connectivity index (χ2v) is 6.82. The fraction of sp³-hybridized carbons (Fsp3) is 0.400. The van der Waals surface area contributed by atoms with Crippen molar-refractivity contribution in [3.05, 3.63) is 59.7 Å². The maximum Gasteiger partial charge on any atom is 0.131 e. The Bertz CT molecular complexity index is 691. The van der Waals surface area contributed by atoms with Crippen LogP contribution in [0.25, 0.3) is 0 Å². The molecule has 25 heavy (non-hydrogen) atoms. The van der Waals surface area contributed by atoms with Gasteiger partial charge in [-0.2, -0.15) is 0 Å². The highest BCUT2D eigenvalue weighted by molar-refractivity contribution is 5.85. The van der Waals surface area contributed by atoms with Gasteiger partial charge in [0.1, 0.15) is 17.5 Å². The van der Waals surface area contributed by atoms with Gasteiger partial charge in [0.15, 0.2) is 0 Å². The SMILES string of the molecule is CNc1ccc2c(c1)OC(C)(C)C(O)[C@H]2NCCc1ccccc1.Cl. The molecule has 4 nitrogen and oxygen atoms in total. The van der Waals surface area contributed by atoms with Crippen molar-refractivity contribution in [2.24, 2.45) is 0 Å². The maximum absolute atomic E-state index is 10.8. The zero-order valence-electron chi connectivity index (χ0n) is 15.0. The van der Waals surface area contributed by atoms with Gasteiger partial charge in [0.05, 0.1) is 6.04 Å². The number of aliphatic hydroxyl groups excluding tert-OH is 1. The van der Waals surface area contributed by atoms with Crippen LogP contribution in [0.15, 0.2) is 48.5 Å². The molecule has 2 aromatic carbocycles. The van der Waals surface area contributed by atoms with Crippen LogP contribution in [0.2, 0.25) is 0 Å². The van der Waals surface area contributed by atoms with E-state index in [1.807, 2.05) is 45.2 Å². The summed E-state index contributed by atoms with van der Waals surface area (Å²) in [5.74, 6) is 0.828. The Morgan fingerprint density at radius 2 is 1.84 bits per heavy atom. The zero-order chi connectivity index (χ0) is 17.2. The van der Waals surface area contributed by atoms with Crippen molar-refractivity contribution in [2.75, 3.05) is 18.9 Å². The van der Waals surface area contributed by atoms with Gasteiger partial charge in [-0.25, -0.2) is 0 Å². The number of anilines is 1. The molecule has 2 atom stereocenters. The molecule has 3 rings (SSSR count). The van der Waals surface area contributed by atoms with E-state index in [0.29, 0.717) is 0 Å². The number of hydrogen-bond donors (Lipinski definition) is 3. The van der Waals surface area contributed by atoms with Gasteiger partial charge in [0.2, 0.25) is 0 Å². The Hall–Kier alpha value is -1.75. The van der Waals surface area contributed by atoms with E-state index in [1.54, 1.807) is 0 Å². The first-order valence-electron chi connectivity index (χ1n) is 8.47. The fourth-order valence-corrected chi connectivity index (χ4v) is 3.19. The fourth-order valence-electron chi connectivity index (χ4n) is 3.19. The Balaban J connectivity index is 0.00000225. The second kappa shape index (κ2) is 8.09. The number of halogens is 1. The molecule has 1 aliphatic rings. The normalized spacial score (nSPS) is 20.8. The van der Waals surface area contributed by atoms with Gasteiger partial charge in [0.25, 0.3) is 0 Å². The smallest absolute Gasteiger partial charge is 0.131 e. The van der Waals surface area contributed by atoms with E-state index < -0.39 is 11.7 Å². The Labute approximate surface area is 156 Å². The van der Waals surface area contributed by atoms with Crippen LogP contribution in [0.4, 0.5) is 5.69 Å². The molecule has 0 bridgehead atoms. The molecule has 136 valence electrons. The largest absolute Gasteiger partial charge is 0.485 e. The molecule has 0 aromatic heterocycles. The van der Waals surface area contributed by atoms with E-state index in [0.717, 1.165) is 30.0 Å². The number of ether oxygens (including phenoxy) is 1. The summed E-state index contributed by atoms with van der Waals surface area (Å²) in [6, 6.07) is 16.3. The van der Waals surface area contributed by atoms with Crippen LogP contribution in [0.1, 0.15) is 31.0 Å². The standard InChI is InChI=1S/C20H26N2O2.ClH/c1-20(2)19(23)18(22-12-11-14-7-5-4-6-8-14)16-10-9-15(21-3)13-17(16)24-20;/h4-10,13,18-19,21-23H,11-12H2,1-3H3;1H/t18-,19?;/m0./s1. The highest BCUT2D eigenvalue weighted by Gasteiger charge is 2.42. The van der Waals surface area contributed by atoms with Crippen LogP contribution in [-0.2, 0) is 6.42 Å². The first-order valence-corrected chi connectivity index (χ1v) is 8.47. The van der Waals surface area contributed by atoms with Crippen LogP contribution < -0.4 is 15.4 Å². The van der Waals surface area contributed by atoms with Crippen LogP contribution in [0.5, 0.6) is 5.75 Å².